The van der Waals surface area contributed by atoms with E-state index < -0.39 is 6.04 Å². The van der Waals surface area contributed by atoms with E-state index >= 15 is 0 Å². The molecule has 0 saturated carbocycles. The molecular weight excluding hydrogens is 396 g/mol. The van der Waals surface area contributed by atoms with Crippen molar-refractivity contribution in [2.24, 2.45) is 0 Å². The number of aryl methyl sites for hydroxylation is 1. The average Bonchev–Trinajstić information content (AvgIpc) is 3.13. The van der Waals surface area contributed by atoms with Gasteiger partial charge in [-0.1, -0.05) is 47.6 Å². The van der Waals surface area contributed by atoms with E-state index in [1.807, 2.05) is 30.3 Å². The molecule has 1 unspecified atom stereocenters. The Morgan fingerprint density at radius 1 is 1.03 bits per heavy atom. The Kier molecular flexibility index (Phi) is 6.94. The molecule has 0 saturated heterocycles. The number of Topliss-reactive ketones (excluding diaryl/α,β-unsaturated/α-hetero) is 1. The Morgan fingerprint density at radius 2 is 1.77 bits per heavy atom. The molecule has 0 aliphatic heterocycles. The number of rotatable bonds is 8. The van der Waals surface area contributed by atoms with E-state index in [2.05, 4.69) is 15.8 Å². The van der Waals surface area contributed by atoms with Crippen LogP contribution in [0.25, 0.3) is 0 Å². The van der Waals surface area contributed by atoms with E-state index in [0.29, 0.717) is 22.8 Å². The SMILES string of the molecule is CC(=O)c1cccc(NC(=O)C(c2ccccc2)N(C)CC(=O)Nc2cc(C)on2)c1. The minimum atomic E-state index is -0.730. The van der Waals surface area contributed by atoms with Crippen LogP contribution in [0.3, 0.4) is 0 Å². The quantitative estimate of drug-likeness (QED) is 0.541. The van der Waals surface area contributed by atoms with Crippen molar-refractivity contribution in [2.75, 3.05) is 24.2 Å². The van der Waals surface area contributed by atoms with E-state index in [-0.39, 0.29) is 24.1 Å². The number of amides is 2. The summed E-state index contributed by atoms with van der Waals surface area (Å²) in [6, 6.07) is 16.8. The van der Waals surface area contributed by atoms with Crippen molar-refractivity contribution in [2.45, 2.75) is 19.9 Å². The normalized spacial score (nSPS) is 11.7. The first-order chi connectivity index (χ1) is 14.8. The predicted octanol–water partition coefficient (Wildman–Crippen LogP) is 3.44. The molecule has 1 heterocycles. The number of likely N-dealkylation sites (N-methyl/N-ethyl adjacent to an activating group) is 1. The number of aromatic nitrogens is 1. The topological polar surface area (TPSA) is 105 Å². The van der Waals surface area contributed by atoms with Gasteiger partial charge in [0.25, 0.3) is 0 Å². The van der Waals surface area contributed by atoms with Gasteiger partial charge < -0.3 is 15.2 Å². The highest BCUT2D eigenvalue weighted by Crippen LogP contribution is 2.22. The summed E-state index contributed by atoms with van der Waals surface area (Å²) in [5.74, 6) is 0.158. The number of ketones is 1. The van der Waals surface area contributed by atoms with Crippen molar-refractivity contribution in [3.8, 4) is 0 Å². The molecule has 0 aliphatic rings. The highest BCUT2D eigenvalue weighted by Gasteiger charge is 2.27. The maximum atomic E-state index is 13.2. The largest absolute Gasteiger partial charge is 0.360 e. The first-order valence-electron chi connectivity index (χ1n) is 9.73. The molecule has 160 valence electrons. The third-order valence-electron chi connectivity index (χ3n) is 4.63. The monoisotopic (exact) mass is 420 g/mol. The molecule has 2 amide bonds. The second kappa shape index (κ2) is 9.82. The van der Waals surface area contributed by atoms with Crippen LogP contribution < -0.4 is 10.6 Å². The van der Waals surface area contributed by atoms with Gasteiger partial charge in [-0.2, -0.15) is 0 Å². The third-order valence-corrected chi connectivity index (χ3v) is 4.63. The van der Waals surface area contributed by atoms with Gasteiger partial charge in [0.05, 0.1) is 6.54 Å². The molecule has 8 heteroatoms. The van der Waals surface area contributed by atoms with Crippen molar-refractivity contribution in [3.63, 3.8) is 0 Å². The maximum absolute atomic E-state index is 13.2. The van der Waals surface area contributed by atoms with Crippen molar-refractivity contribution in [1.82, 2.24) is 10.1 Å². The first-order valence-corrected chi connectivity index (χ1v) is 9.73. The summed E-state index contributed by atoms with van der Waals surface area (Å²) in [6.45, 7) is 3.15. The molecule has 0 fully saturated rings. The van der Waals surface area contributed by atoms with Gasteiger partial charge in [0, 0.05) is 17.3 Å². The molecule has 3 rings (SSSR count). The maximum Gasteiger partial charge on any atom is 0.246 e. The average molecular weight is 420 g/mol. The van der Waals surface area contributed by atoms with Crippen LogP contribution in [0.2, 0.25) is 0 Å². The molecule has 1 atom stereocenters. The van der Waals surface area contributed by atoms with Crippen LogP contribution in [0.4, 0.5) is 11.5 Å². The number of carbonyl (C=O) groups excluding carboxylic acids is 3. The van der Waals surface area contributed by atoms with Gasteiger partial charge in [-0.15, -0.1) is 0 Å². The van der Waals surface area contributed by atoms with Crippen molar-refractivity contribution >= 4 is 29.1 Å². The van der Waals surface area contributed by atoms with Crippen LogP contribution in [0.1, 0.15) is 34.6 Å². The van der Waals surface area contributed by atoms with Crippen molar-refractivity contribution in [3.05, 3.63) is 77.6 Å². The van der Waals surface area contributed by atoms with Crippen molar-refractivity contribution < 1.29 is 18.9 Å². The van der Waals surface area contributed by atoms with Gasteiger partial charge >= 0.3 is 0 Å². The molecule has 0 bridgehead atoms. The Bertz CT molecular complexity index is 1080. The summed E-state index contributed by atoms with van der Waals surface area (Å²) < 4.78 is 4.95. The molecule has 0 aliphatic carbocycles. The van der Waals surface area contributed by atoms with E-state index in [1.165, 1.54) is 6.92 Å². The van der Waals surface area contributed by atoms with Gasteiger partial charge in [-0.3, -0.25) is 19.3 Å². The number of carbonyl (C=O) groups is 3. The van der Waals surface area contributed by atoms with Gasteiger partial charge in [0.15, 0.2) is 11.6 Å². The summed E-state index contributed by atoms with van der Waals surface area (Å²) in [5.41, 5.74) is 1.74. The lowest BCUT2D eigenvalue weighted by atomic mass is 10.0. The highest BCUT2D eigenvalue weighted by molar-refractivity contribution is 5.99. The zero-order valence-corrected chi connectivity index (χ0v) is 17.6. The number of nitrogens with one attached hydrogen (secondary N) is 2. The lowest BCUT2D eigenvalue weighted by molar-refractivity contribution is -0.123. The Balaban J connectivity index is 1.77. The van der Waals surface area contributed by atoms with Gasteiger partial charge in [-0.05, 0) is 38.6 Å². The number of nitrogens with zero attached hydrogens (tertiary/aromatic N) is 2. The van der Waals surface area contributed by atoms with Crippen LogP contribution in [-0.2, 0) is 9.59 Å². The Morgan fingerprint density at radius 3 is 2.42 bits per heavy atom. The van der Waals surface area contributed by atoms with Crippen LogP contribution in [0, 0.1) is 6.92 Å². The molecular formula is C23H24N4O4. The van der Waals surface area contributed by atoms with E-state index in [1.54, 1.807) is 49.2 Å². The Labute approximate surface area is 180 Å². The molecule has 1 aromatic heterocycles. The van der Waals surface area contributed by atoms with E-state index in [0.717, 1.165) is 5.56 Å². The zero-order chi connectivity index (χ0) is 22.4. The van der Waals surface area contributed by atoms with Gasteiger partial charge in [-0.25, -0.2) is 0 Å². The van der Waals surface area contributed by atoms with E-state index in [9.17, 15) is 14.4 Å². The molecule has 0 radical (unpaired) electrons. The second-order valence-corrected chi connectivity index (χ2v) is 7.23. The predicted molar refractivity (Wildman–Crippen MR) is 117 cm³/mol. The number of anilines is 2. The fourth-order valence-corrected chi connectivity index (χ4v) is 3.19. The van der Waals surface area contributed by atoms with Crippen LogP contribution >= 0.6 is 0 Å². The standard InChI is InChI=1S/C23H24N4O4/c1-15-12-20(26-31-15)25-21(29)14-27(3)22(17-8-5-4-6-9-17)23(30)24-19-11-7-10-18(13-19)16(2)28/h4-13,22H,14H2,1-3H3,(H,24,30)(H,25,26,29). The molecule has 31 heavy (non-hydrogen) atoms. The highest BCUT2D eigenvalue weighted by atomic mass is 16.5. The number of benzene rings is 2. The minimum Gasteiger partial charge on any atom is -0.360 e. The minimum absolute atomic E-state index is 0.0492. The summed E-state index contributed by atoms with van der Waals surface area (Å²) >= 11 is 0. The molecule has 3 aromatic rings. The number of hydrogen-bond acceptors (Lipinski definition) is 6. The third kappa shape index (κ3) is 5.86. The lowest BCUT2D eigenvalue weighted by Crippen LogP contribution is -2.39. The summed E-state index contributed by atoms with van der Waals surface area (Å²) in [6.07, 6.45) is 0. The second-order valence-electron chi connectivity index (χ2n) is 7.23. The lowest BCUT2D eigenvalue weighted by Gasteiger charge is -2.27. The van der Waals surface area contributed by atoms with Crippen LogP contribution in [0.15, 0.2) is 65.2 Å². The fourth-order valence-electron chi connectivity index (χ4n) is 3.19. The smallest absolute Gasteiger partial charge is 0.246 e. The molecule has 0 spiro atoms. The summed E-state index contributed by atoms with van der Waals surface area (Å²) in [7, 11) is 1.69. The molecule has 8 nitrogen and oxygen atoms in total. The fraction of sp³-hybridized carbons (Fsp3) is 0.217. The molecule has 2 aromatic carbocycles. The van der Waals surface area contributed by atoms with E-state index in [4.69, 9.17) is 4.52 Å². The zero-order valence-electron chi connectivity index (χ0n) is 17.6. The molecule has 2 N–H and O–H groups in total. The first kappa shape index (κ1) is 21.9. The van der Waals surface area contributed by atoms with Crippen LogP contribution in [-0.4, -0.2) is 41.2 Å². The van der Waals surface area contributed by atoms with Gasteiger partial charge in [0.2, 0.25) is 11.8 Å². The van der Waals surface area contributed by atoms with Gasteiger partial charge in [0.1, 0.15) is 11.8 Å². The van der Waals surface area contributed by atoms with Crippen molar-refractivity contribution in [1.29, 1.82) is 0 Å². The van der Waals surface area contributed by atoms with Crippen LogP contribution in [0.5, 0.6) is 0 Å². The summed E-state index contributed by atoms with van der Waals surface area (Å²) in [4.78, 5) is 38.9. The summed E-state index contributed by atoms with van der Waals surface area (Å²) in [5, 5.41) is 9.25. The number of hydrogen-bond donors (Lipinski definition) is 2. The Hall–Kier alpha value is -3.78.